The van der Waals surface area contributed by atoms with Crippen molar-refractivity contribution in [2.45, 2.75) is 19.9 Å². The molecule has 0 aliphatic heterocycles. The normalized spacial score (nSPS) is 10.6. The van der Waals surface area contributed by atoms with Gasteiger partial charge in [0.05, 0.1) is 19.0 Å². The lowest BCUT2D eigenvalue weighted by molar-refractivity contribution is 0.416. The summed E-state index contributed by atoms with van der Waals surface area (Å²) in [6.07, 6.45) is 2.99. The molecular formula is C14H19N3O. The predicted octanol–water partition coefficient (Wildman–Crippen LogP) is 2.58. The van der Waals surface area contributed by atoms with E-state index in [1.54, 1.807) is 7.11 Å². The number of ether oxygens (including phenoxy) is 1. The molecular weight excluding hydrogens is 226 g/mol. The van der Waals surface area contributed by atoms with E-state index in [4.69, 9.17) is 4.74 Å². The second-order valence-corrected chi connectivity index (χ2v) is 4.15. The molecule has 0 spiro atoms. The predicted molar refractivity (Wildman–Crippen MR) is 72.6 cm³/mol. The molecule has 1 aromatic heterocycles. The molecule has 0 bridgehead atoms. The number of aromatic nitrogens is 2. The molecule has 0 saturated carbocycles. The van der Waals surface area contributed by atoms with Gasteiger partial charge in [0.15, 0.2) is 0 Å². The molecule has 0 radical (unpaired) electrons. The molecule has 2 N–H and O–H groups in total. The number of rotatable bonds is 6. The highest BCUT2D eigenvalue weighted by molar-refractivity contribution is 5.69. The van der Waals surface area contributed by atoms with Crippen molar-refractivity contribution in [2.24, 2.45) is 0 Å². The summed E-state index contributed by atoms with van der Waals surface area (Å²) in [5.74, 6) is 0.860. The quantitative estimate of drug-likeness (QED) is 0.769. The van der Waals surface area contributed by atoms with Crippen molar-refractivity contribution < 1.29 is 4.74 Å². The van der Waals surface area contributed by atoms with Crippen molar-refractivity contribution in [2.75, 3.05) is 13.7 Å². The lowest BCUT2D eigenvalue weighted by Crippen LogP contribution is -2.13. The molecule has 0 atom stereocenters. The molecule has 4 nitrogen and oxygen atoms in total. The Labute approximate surface area is 107 Å². The number of para-hydroxylation sites is 1. The number of hydrogen-bond donors (Lipinski definition) is 2. The van der Waals surface area contributed by atoms with Gasteiger partial charge in [0.25, 0.3) is 0 Å². The molecule has 18 heavy (non-hydrogen) atoms. The number of hydrogen-bond acceptors (Lipinski definition) is 3. The number of nitrogens with zero attached hydrogens (tertiary/aromatic N) is 1. The van der Waals surface area contributed by atoms with Gasteiger partial charge in [0, 0.05) is 17.7 Å². The molecule has 0 amide bonds. The second-order valence-electron chi connectivity index (χ2n) is 4.15. The Kier molecular flexibility index (Phi) is 4.36. The zero-order valence-electron chi connectivity index (χ0n) is 10.9. The van der Waals surface area contributed by atoms with Crippen LogP contribution in [0, 0.1) is 0 Å². The number of aromatic amines is 1. The first-order chi connectivity index (χ1) is 8.86. The van der Waals surface area contributed by atoms with Gasteiger partial charge in [-0.1, -0.05) is 19.1 Å². The summed E-state index contributed by atoms with van der Waals surface area (Å²) in [5.41, 5.74) is 3.23. The summed E-state index contributed by atoms with van der Waals surface area (Å²) >= 11 is 0. The Bertz CT molecular complexity index is 493. The molecule has 0 aliphatic rings. The molecule has 0 saturated heterocycles. The minimum absolute atomic E-state index is 0.817. The van der Waals surface area contributed by atoms with E-state index in [2.05, 4.69) is 22.4 Å². The van der Waals surface area contributed by atoms with Crippen LogP contribution in [0.4, 0.5) is 0 Å². The molecule has 0 unspecified atom stereocenters. The highest BCUT2D eigenvalue weighted by atomic mass is 16.5. The lowest BCUT2D eigenvalue weighted by Gasteiger charge is -2.09. The van der Waals surface area contributed by atoms with Gasteiger partial charge >= 0.3 is 0 Å². The van der Waals surface area contributed by atoms with E-state index in [0.717, 1.165) is 42.1 Å². The summed E-state index contributed by atoms with van der Waals surface area (Å²) in [5, 5.41) is 10.6. The number of methoxy groups -OCH3 is 1. The standard InChI is InChI=1S/C14H19N3O/c1-3-8-15-9-11-10-16-17-14(11)12-6-4-5-7-13(12)18-2/h4-7,10,15H,3,8-9H2,1-2H3,(H,16,17). The summed E-state index contributed by atoms with van der Waals surface area (Å²) in [4.78, 5) is 0. The van der Waals surface area contributed by atoms with E-state index in [9.17, 15) is 0 Å². The SMILES string of the molecule is CCCNCc1cn[nH]c1-c1ccccc1OC. The third-order valence-corrected chi connectivity index (χ3v) is 2.84. The van der Waals surface area contributed by atoms with Crippen LogP contribution in [-0.2, 0) is 6.54 Å². The Morgan fingerprint density at radius 1 is 1.33 bits per heavy atom. The molecule has 1 aromatic carbocycles. The maximum Gasteiger partial charge on any atom is 0.128 e. The topological polar surface area (TPSA) is 49.9 Å². The molecule has 0 fully saturated rings. The molecule has 4 heteroatoms. The molecule has 2 rings (SSSR count). The monoisotopic (exact) mass is 245 g/mol. The largest absolute Gasteiger partial charge is 0.496 e. The van der Waals surface area contributed by atoms with Gasteiger partial charge in [0.2, 0.25) is 0 Å². The van der Waals surface area contributed by atoms with Crippen molar-refractivity contribution in [3.05, 3.63) is 36.0 Å². The van der Waals surface area contributed by atoms with Gasteiger partial charge < -0.3 is 10.1 Å². The fraction of sp³-hybridized carbons (Fsp3) is 0.357. The zero-order valence-corrected chi connectivity index (χ0v) is 10.9. The maximum absolute atomic E-state index is 5.38. The zero-order chi connectivity index (χ0) is 12.8. The Balaban J connectivity index is 2.25. The first-order valence-electron chi connectivity index (χ1n) is 6.23. The number of nitrogens with one attached hydrogen (secondary N) is 2. The minimum atomic E-state index is 0.817. The third kappa shape index (κ3) is 2.71. The second kappa shape index (κ2) is 6.21. The van der Waals surface area contributed by atoms with Crippen molar-refractivity contribution in [1.29, 1.82) is 0 Å². The van der Waals surface area contributed by atoms with Crippen molar-refractivity contribution >= 4 is 0 Å². The van der Waals surface area contributed by atoms with E-state index in [1.165, 1.54) is 0 Å². The van der Waals surface area contributed by atoms with Crippen LogP contribution in [0.15, 0.2) is 30.5 Å². The Hall–Kier alpha value is -1.81. The van der Waals surface area contributed by atoms with Crippen LogP contribution in [0.5, 0.6) is 5.75 Å². The average molecular weight is 245 g/mol. The highest BCUT2D eigenvalue weighted by Crippen LogP contribution is 2.30. The fourth-order valence-electron chi connectivity index (χ4n) is 1.93. The van der Waals surface area contributed by atoms with E-state index >= 15 is 0 Å². The molecule has 2 aromatic rings. The summed E-state index contributed by atoms with van der Waals surface area (Å²) in [6.45, 7) is 3.98. The average Bonchev–Trinajstić information content (AvgIpc) is 2.87. The highest BCUT2D eigenvalue weighted by Gasteiger charge is 2.11. The number of H-pyrrole nitrogens is 1. The van der Waals surface area contributed by atoms with Gasteiger partial charge in [-0.3, -0.25) is 5.10 Å². The van der Waals surface area contributed by atoms with Gasteiger partial charge in [-0.2, -0.15) is 5.10 Å². The van der Waals surface area contributed by atoms with Crippen molar-refractivity contribution in [3.8, 4) is 17.0 Å². The van der Waals surface area contributed by atoms with Crippen molar-refractivity contribution in [1.82, 2.24) is 15.5 Å². The van der Waals surface area contributed by atoms with Crippen molar-refractivity contribution in [3.63, 3.8) is 0 Å². The molecule has 1 heterocycles. The summed E-state index contributed by atoms with van der Waals surface area (Å²) < 4.78 is 5.38. The third-order valence-electron chi connectivity index (χ3n) is 2.84. The number of benzene rings is 1. The molecule has 96 valence electrons. The lowest BCUT2D eigenvalue weighted by atomic mass is 10.1. The van der Waals surface area contributed by atoms with Gasteiger partial charge in [-0.15, -0.1) is 0 Å². The van der Waals surface area contributed by atoms with E-state index in [-0.39, 0.29) is 0 Å². The summed E-state index contributed by atoms with van der Waals surface area (Å²) in [6, 6.07) is 7.96. The maximum atomic E-state index is 5.38. The van der Waals surface area contributed by atoms with Gasteiger partial charge in [-0.05, 0) is 25.1 Å². The summed E-state index contributed by atoms with van der Waals surface area (Å²) in [7, 11) is 1.68. The van der Waals surface area contributed by atoms with Crippen LogP contribution in [0.2, 0.25) is 0 Å². The molecule has 0 aliphatic carbocycles. The first-order valence-corrected chi connectivity index (χ1v) is 6.23. The fourth-order valence-corrected chi connectivity index (χ4v) is 1.93. The first kappa shape index (κ1) is 12.6. The Morgan fingerprint density at radius 2 is 2.17 bits per heavy atom. The van der Waals surface area contributed by atoms with Crippen LogP contribution in [0.25, 0.3) is 11.3 Å². The van der Waals surface area contributed by atoms with Gasteiger partial charge in [0.1, 0.15) is 5.75 Å². The van der Waals surface area contributed by atoms with Gasteiger partial charge in [-0.25, -0.2) is 0 Å². The van der Waals surface area contributed by atoms with Crippen LogP contribution < -0.4 is 10.1 Å². The van der Waals surface area contributed by atoms with E-state index in [1.807, 2.05) is 30.5 Å². The van der Waals surface area contributed by atoms with Crippen LogP contribution in [0.1, 0.15) is 18.9 Å². The van der Waals surface area contributed by atoms with Crippen LogP contribution >= 0.6 is 0 Å². The van der Waals surface area contributed by atoms with Crippen LogP contribution in [-0.4, -0.2) is 23.9 Å². The van der Waals surface area contributed by atoms with E-state index in [0.29, 0.717) is 0 Å². The smallest absolute Gasteiger partial charge is 0.128 e. The Morgan fingerprint density at radius 3 is 2.94 bits per heavy atom. The van der Waals surface area contributed by atoms with Crippen LogP contribution in [0.3, 0.4) is 0 Å². The minimum Gasteiger partial charge on any atom is -0.496 e. The van der Waals surface area contributed by atoms with E-state index < -0.39 is 0 Å².